The number of carbonyl (C=O) groups is 1. The van der Waals surface area contributed by atoms with Crippen molar-refractivity contribution in [2.45, 2.75) is 6.10 Å². The van der Waals surface area contributed by atoms with E-state index in [-0.39, 0.29) is 29.2 Å². The number of methoxy groups -OCH3 is 1. The number of likely N-dealkylation sites (N-methyl/N-ethyl adjacent to an activating group) is 1. The van der Waals surface area contributed by atoms with Crippen molar-refractivity contribution in [3.05, 3.63) is 5.01 Å². The largest absolute Gasteiger partial charge is 0.389 e. The highest BCUT2D eigenvalue weighted by Crippen LogP contribution is 2.12. The second-order valence-corrected chi connectivity index (χ2v) is 4.25. The van der Waals surface area contributed by atoms with Crippen LogP contribution in [0.15, 0.2) is 0 Å². The number of ether oxygens (including phenoxy) is 1. The van der Waals surface area contributed by atoms with E-state index in [9.17, 15) is 9.90 Å². The van der Waals surface area contributed by atoms with Crippen LogP contribution in [-0.4, -0.2) is 59.5 Å². The Morgan fingerprint density at radius 3 is 2.88 bits per heavy atom. The van der Waals surface area contributed by atoms with E-state index in [1.54, 1.807) is 7.05 Å². The molecule has 1 amide bonds. The summed E-state index contributed by atoms with van der Waals surface area (Å²) in [5.74, 6) is -0.315. The van der Waals surface area contributed by atoms with Gasteiger partial charge in [0.15, 0.2) is 0 Å². The Balaban J connectivity index is 2.54. The van der Waals surface area contributed by atoms with E-state index in [0.29, 0.717) is 0 Å². The van der Waals surface area contributed by atoms with Gasteiger partial charge in [0.25, 0.3) is 5.91 Å². The lowest BCUT2D eigenvalue weighted by atomic mass is 10.3. The van der Waals surface area contributed by atoms with Crippen LogP contribution in [0.25, 0.3) is 0 Å². The Labute approximate surface area is 96.8 Å². The summed E-state index contributed by atoms with van der Waals surface area (Å²) in [4.78, 5) is 13.1. The number of rotatable bonds is 5. The van der Waals surface area contributed by atoms with Gasteiger partial charge in [-0.3, -0.25) is 4.79 Å². The fourth-order valence-electron chi connectivity index (χ4n) is 1.13. The van der Waals surface area contributed by atoms with Gasteiger partial charge in [-0.05, 0) is 0 Å². The standard InChI is InChI=1S/C8H14N4O3S/c1-12(3-5(13)4-15-2)7(14)6-10-11-8(9)16-6/h5,13H,3-4H2,1-2H3,(H2,9,11). The van der Waals surface area contributed by atoms with E-state index in [1.807, 2.05) is 0 Å². The van der Waals surface area contributed by atoms with Crippen molar-refractivity contribution in [1.29, 1.82) is 0 Å². The van der Waals surface area contributed by atoms with Crippen molar-refractivity contribution in [2.24, 2.45) is 0 Å². The molecule has 0 saturated carbocycles. The lowest BCUT2D eigenvalue weighted by molar-refractivity contribution is 0.0380. The Bertz CT molecular complexity index is 357. The van der Waals surface area contributed by atoms with Crippen LogP contribution in [-0.2, 0) is 4.74 Å². The van der Waals surface area contributed by atoms with E-state index in [0.717, 1.165) is 11.3 Å². The van der Waals surface area contributed by atoms with Gasteiger partial charge in [0.05, 0.1) is 12.7 Å². The average Bonchev–Trinajstić information content (AvgIpc) is 2.64. The number of aliphatic hydroxyl groups is 1. The van der Waals surface area contributed by atoms with Crippen molar-refractivity contribution in [1.82, 2.24) is 15.1 Å². The van der Waals surface area contributed by atoms with E-state index in [4.69, 9.17) is 10.5 Å². The van der Waals surface area contributed by atoms with E-state index >= 15 is 0 Å². The zero-order chi connectivity index (χ0) is 12.1. The first kappa shape index (κ1) is 12.8. The second kappa shape index (κ2) is 5.73. The summed E-state index contributed by atoms with van der Waals surface area (Å²) in [7, 11) is 3.05. The highest BCUT2D eigenvalue weighted by atomic mass is 32.1. The third kappa shape index (κ3) is 3.40. The number of anilines is 1. The molecule has 1 rings (SSSR count). The first-order valence-electron chi connectivity index (χ1n) is 4.56. The molecule has 0 aliphatic carbocycles. The van der Waals surface area contributed by atoms with Crippen LogP contribution in [0.4, 0.5) is 5.13 Å². The molecule has 1 aromatic heterocycles. The van der Waals surface area contributed by atoms with Crippen molar-refractivity contribution >= 4 is 22.4 Å². The monoisotopic (exact) mass is 246 g/mol. The molecule has 0 aliphatic rings. The molecule has 7 nitrogen and oxygen atoms in total. The fourth-order valence-corrected chi connectivity index (χ4v) is 1.73. The maximum atomic E-state index is 11.7. The molecule has 0 aliphatic heterocycles. The minimum Gasteiger partial charge on any atom is -0.389 e. The van der Waals surface area contributed by atoms with Crippen LogP contribution in [0.2, 0.25) is 0 Å². The molecule has 1 heterocycles. The molecule has 0 spiro atoms. The molecule has 3 N–H and O–H groups in total. The lowest BCUT2D eigenvalue weighted by Crippen LogP contribution is -2.36. The van der Waals surface area contributed by atoms with Crippen LogP contribution in [0.1, 0.15) is 9.80 Å². The van der Waals surface area contributed by atoms with Crippen molar-refractivity contribution in [2.75, 3.05) is 33.0 Å². The summed E-state index contributed by atoms with van der Waals surface area (Å²) in [6, 6.07) is 0. The zero-order valence-corrected chi connectivity index (χ0v) is 9.90. The lowest BCUT2D eigenvalue weighted by Gasteiger charge is -2.18. The van der Waals surface area contributed by atoms with E-state index < -0.39 is 6.10 Å². The first-order chi connectivity index (χ1) is 7.54. The molecule has 0 bridgehead atoms. The van der Waals surface area contributed by atoms with Crippen LogP contribution >= 0.6 is 11.3 Å². The summed E-state index contributed by atoms with van der Waals surface area (Å²) in [5, 5.41) is 17.1. The number of carbonyl (C=O) groups excluding carboxylic acids is 1. The van der Waals surface area contributed by atoms with E-state index in [1.165, 1.54) is 12.0 Å². The molecular weight excluding hydrogens is 232 g/mol. The van der Waals surface area contributed by atoms with Crippen molar-refractivity contribution < 1.29 is 14.6 Å². The fraction of sp³-hybridized carbons (Fsp3) is 0.625. The second-order valence-electron chi connectivity index (χ2n) is 3.24. The predicted molar refractivity (Wildman–Crippen MR) is 59.2 cm³/mol. The van der Waals surface area contributed by atoms with Gasteiger partial charge < -0.3 is 20.5 Å². The van der Waals surface area contributed by atoms with Gasteiger partial charge in [-0.1, -0.05) is 11.3 Å². The van der Waals surface area contributed by atoms with Gasteiger partial charge in [0, 0.05) is 20.7 Å². The van der Waals surface area contributed by atoms with Gasteiger partial charge in [-0.25, -0.2) is 0 Å². The minimum absolute atomic E-state index is 0.173. The van der Waals surface area contributed by atoms with Gasteiger partial charge >= 0.3 is 0 Å². The van der Waals surface area contributed by atoms with Crippen LogP contribution in [0.3, 0.4) is 0 Å². The molecule has 1 atom stereocenters. The maximum absolute atomic E-state index is 11.7. The number of nitrogens with two attached hydrogens (primary N) is 1. The number of nitrogens with zero attached hydrogens (tertiary/aromatic N) is 3. The van der Waals surface area contributed by atoms with Gasteiger partial charge in [0.2, 0.25) is 10.1 Å². The zero-order valence-electron chi connectivity index (χ0n) is 9.08. The topological polar surface area (TPSA) is 102 Å². The summed E-state index contributed by atoms with van der Waals surface area (Å²) in [6.07, 6.45) is -0.718. The molecule has 8 heteroatoms. The minimum atomic E-state index is -0.718. The smallest absolute Gasteiger partial charge is 0.284 e. The molecule has 1 aromatic rings. The highest BCUT2D eigenvalue weighted by Gasteiger charge is 2.18. The third-order valence-electron chi connectivity index (χ3n) is 1.81. The average molecular weight is 246 g/mol. The molecule has 0 aromatic carbocycles. The Morgan fingerprint density at radius 1 is 1.69 bits per heavy atom. The molecule has 1 unspecified atom stereocenters. The van der Waals surface area contributed by atoms with Crippen molar-refractivity contribution in [3.63, 3.8) is 0 Å². The molecule has 16 heavy (non-hydrogen) atoms. The molecular formula is C8H14N4O3S. The molecule has 0 fully saturated rings. The Hall–Kier alpha value is -1.25. The van der Waals surface area contributed by atoms with Gasteiger partial charge in [-0.15, -0.1) is 10.2 Å². The van der Waals surface area contributed by atoms with E-state index in [2.05, 4.69) is 10.2 Å². The summed E-state index contributed by atoms with van der Waals surface area (Å²) >= 11 is 1.02. The molecule has 0 radical (unpaired) electrons. The highest BCUT2D eigenvalue weighted by molar-refractivity contribution is 7.16. The molecule has 90 valence electrons. The summed E-state index contributed by atoms with van der Waals surface area (Å²) in [6.45, 7) is 0.349. The number of hydrogen-bond donors (Lipinski definition) is 2. The van der Waals surface area contributed by atoms with Gasteiger partial charge in [0.1, 0.15) is 0 Å². The quantitative estimate of drug-likeness (QED) is 0.705. The van der Waals surface area contributed by atoms with Crippen LogP contribution in [0.5, 0.6) is 0 Å². The maximum Gasteiger partial charge on any atom is 0.284 e. The Morgan fingerprint density at radius 2 is 2.38 bits per heavy atom. The number of amides is 1. The van der Waals surface area contributed by atoms with Crippen LogP contribution < -0.4 is 5.73 Å². The van der Waals surface area contributed by atoms with Crippen molar-refractivity contribution in [3.8, 4) is 0 Å². The van der Waals surface area contributed by atoms with Crippen LogP contribution in [0, 0.1) is 0 Å². The molecule has 0 saturated heterocycles. The number of hydrogen-bond acceptors (Lipinski definition) is 7. The first-order valence-corrected chi connectivity index (χ1v) is 5.37. The van der Waals surface area contributed by atoms with Gasteiger partial charge in [-0.2, -0.15) is 0 Å². The number of aromatic nitrogens is 2. The predicted octanol–water partition coefficient (Wildman–Crippen LogP) is -0.800. The summed E-state index contributed by atoms with van der Waals surface area (Å²) < 4.78 is 4.76. The number of aliphatic hydroxyl groups excluding tert-OH is 1. The third-order valence-corrected chi connectivity index (χ3v) is 2.55. The number of nitrogen functional groups attached to an aromatic ring is 1. The summed E-state index contributed by atoms with van der Waals surface area (Å²) in [5.41, 5.74) is 5.37. The normalized spacial score (nSPS) is 12.4. The Kier molecular flexibility index (Phi) is 4.59. The SMILES string of the molecule is COCC(O)CN(C)C(=O)c1nnc(N)s1.